The van der Waals surface area contributed by atoms with E-state index in [1.165, 1.54) is 16.4 Å². The number of carbonyl (C=O) groups excluding carboxylic acids is 2. The normalized spacial score (nSPS) is 15.1. The molecule has 0 radical (unpaired) electrons. The Kier molecular flexibility index (Phi) is 7.38. The largest absolute Gasteiger partial charge is 0.452 e. The van der Waals surface area contributed by atoms with Crippen LogP contribution < -0.4 is 5.32 Å². The van der Waals surface area contributed by atoms with Gasteiger partial charge in [0.1, 0.15) is 0 Å². The molecule has 1 saturated carbocycles. The van der Waals surface area contributed by atoms with Crippen molar-refractivity contribution in [3.8, 4) is 0 Å². The highest BCUT2D eigenvalue weighted by atomic mass is 32.2. The van der Waals surface area contributed by atoms with Crippen molar-refractivity contribution in [2.24, 2.45) is 0 Å². The maximum absolute atomic E-state index is 12.6. The van der Waals surface area contributed by atoms with Crippen molar-refractivity contribution >= 4 is 21.9 Å². The molecule has 8 heteroatoms. The molecule has 0 aromatic heterocycles. The van der Waals surface area contributed by atoms with Crippen LogP contribution in [0.5, 0.6) is 0 Å². The molecule has 0 spiro atoms. The number of ether oxygens (including phenoxy) is 1. The average Bonchev–Trinajstić information content (AvgIpc) is 3.13. The maximum atomic E-state index is 12.6. The summed E-state index contributed by atoms with van der Waals surface area (Å²) in [5.41, 5.74) is 0.742. The van der Waals surface area contributed by atoms with E-state index in [-0.39, 0.29) is 29.0 Å². The second-order valence-electron chi connectivity index (χ2n) is 6.69. The predicted octanol–water partition coefficient (Wildman–Crippen LogP) is 2.24. The first-order valence-corrected chi connectivity index (χ1v) is 10.8. The van der Waals surface area contributed by atoms with Gasteiger partial charge in [-0.1, -0.05) is 32.8 Å². The second-order valence-corrected chi connectivity index (χ2v) is 8.63. The van der Waals surface area contributed by atoms with Crippen molar-refractivity contribution in [3.63, 3.8) is 0 Å². The van der Waals surface area contributed by atoms with E-state index in [4.69, 9.17) is 4.74 Å². The molecule has 1 aromatic carbocycles. The minimum absolute atomic E-state index is 0.0409. The molecule has 0 aliphatic heterocycles. The van der Waals surface area contributed by atoms with Gasteiger partial charge in [0.25, 0.3) is 5.91 Å². The number of nitrogens with zero attached hydrogens (tertiary/aromatic N) is 1. The highest BCUT2D eigenvalue weighted by Gasteiger charge is 2.24. The van der Waals surface area contributed by atoms with E-state index in [1.807, 2.05) is 0 Å². The third-order valence-electron chi connectivity index (χ3n) is 4.83. The number of amides is 1. The van der Waals surface area contributed by atoms with Crippen molar-refractivity contribution < 1.29 is 22.7 Å². The number of sulfonamides is 1. The first-order valence-electron chi connectivity index (χ1n) is 9.36. The Morgan fingerprint density at radius 1 is 1.19 bits per heavy atom. The molecule has 0 atom stereocenters. The molecule has 0 saturated heterocycles. The van der Waals surface area contributed by atoms with Gasteiger partial charge in [-0.2, -0.15) is 4.31 Å². The molecule has 0 heterocycles. The van der Waals surface area contributed by atoms with Crippen LogP contribution in [0.25, 0.3) is 0 Å². The van der Waals surface area contributed by atoms with E-state index in [0.717, 1.165) is 25.7 Å². The number of rotatable bonds is 8. The lowest BCUT2D eigenvalue weighted by Gasteiger charge is -2.19. The number of nitrogens with one attached hydrogen (secondary N) is 1. The topological polar surface area (TPSA) is 92.8 Å². The molecule has 1 amide bonds. The number of benzene rings is 1. The van der Waals surface area contributed by atoms with Gasteiger partial charge in [-0.15, -0.1) is 0 Å². The molecule has 1 aliphatic rings. The van der Waals surface area contributed by atoms with Gasteiger partial charge in [-0.25, -0.2) is 13.2 Å². The molecule has 1 N–H and O–H groups in total. The van der Waals surface area contributed by atoms with Crippen molar-refractivity contribution in [1.29, 1.82) is 0 Å². The molecule has 2 rings (SSSR count). The summed E-state index contributed by atoms with van der Waals surface area (Å²) in [5, 5.41) is 2.85. The minimum Gasteiger partial charge on any atom is -0.452 e. The monoisotopic (exact) mass is 396 g/mol. The predicted molar refractivity (Wildman–Crippen MR) is 102 cm³/mol. The fourth-order valence-corrected chi connectivity index (χ4v) is 4.73. The van der Waals surface area contributed by atoms with Gasteiger partial charge < -0.3 is 10.1 Å². The van der Waals surface area contributed by atoms with Gasteiger partial charge >= 0.3 is 5.97 Å². The molecule has 7 nitrogen and oxygen atoms in total. The van der Waals surface area contributed by atoms with Crippen molar-refractivity contribution in [2.45, 2.75) is 57.4 Å². The molecular formula is C19H28N2O5S. The molecule has 1 fully saturated rings. The van der Waals surface area contributed by atoms with Gasteiger partial charge in [0.15, 0.2) is 6.61 Å². The zero-order valence-electron chi connectivity index (χ0n) is 16.2. The first-order chi connectivity index (χ1) is 12.8. The lowest BCUT2D eigenvalue weighted by atomic mass is 10.1. The third kappa shape index (κ3) is 5.29. The number of carbonyl (C=O) groups is 2. The van der Waals surface area contributed by atoms with Crippen molar-refractivity contribution in [3.05, 3.63) is 29.3 Å². The van der Waals surface area contributed by atoms with Crippen LogP contribution in [0.3, 0.4) is 0 Å². The van der Waals surface area contributed by atoms with E-state index in [0.29, 0.717) is 18.7 Å². The summed E-state index contributed by atoms with van der Waals surface area (Å²) in [5.74, 6) is -1.04. The Balaban J connectivity index is 2.08. The highest BCUT2D eigenvalue weighted by Crippen LogP contribution is 2.20. The van der Waals surface area contributed by atoms with Crippen LogP contribution in [0.15, 0.2) is 23.1 Å². The van der Waals surface area contributed by atoms with Crippen LogP contribution >= 0.6 is 0 Å². The Morgan fingerprint density at radius 2 is 1.81 bits per heavy atom. The molecular weight excluding hydrogens is 368 g/mol. The van der Waals surface area contributed by atoms with Crippen LogP contribution in [-0.4, -0.2) is 50.3 Å². The van der Waals surface area contributed by atoms with E-state index in [9.17, 15) is 18.0 Å². The lowest BCUT2D eigenvalue weighted by molar-refractivity contribution is -0.124. The summed E-state index contributed by atoms with van der Waals surface area (Å²) in [6, 6.07) is 4.53. The average molecular weight is 397 g/mol. The van der Waals surface area contributed by atoms with Crippen LogP contribution in [0.2, 0.25) is 0 Å². The van der Waals surface area contributed by atoms with E-state index in [2.05, 4.69) is 5.32 Å². The fraction of sp³-hybridized carbons (Fsp3) is 0.579. The highest BCUT2D eigenvalue weighted by molar-refractivity contribution is 7.89. The Hall–Kier alpha value is -1.93. The lowest BCUT2D eigenvalue weighted by Crippen LogP contribution is -2.36. The number of hydrogen-bond acceptors (Lipinski definition) is 5. The van der Waals surface area contributed by atoms with Crippen molar-refractivity contribution in [1.82, 2.24) is 9.62 Å². The van der Waals surface area contributed by atoms with Gasteiger partial charge in [-0.3, -0.25) is 4.79 Å². The van der Waals surface area contributed by atoms with Crippen LogP contribution in [0.4, 0.5) is 0 Å². The van der Waals surface area contributed by atoms with E-state index >= 15 is 0 Å². The molecule has 27 heavy (non-hydrogen) atoms. The standard InChI is InChI=1S/C19H28N2O5S/c1-4-21(5-2)27(24,25)16-11-10-14(3)17(12-16)19(23)26-13-18(22)20-15-8-6-7-9-15/h10-12,15H,4-9,13H2,1-3H3,(H,20,22). The van der Waals surface area contributed by atoms with Crippen LogP contribution in [0.1, 0.15) is 55.5 Å². The van der Waals surface area contributed by atoms with Gasteiger partial charge in [0.05, 0.1) is 10.5 Å². The second kappa shape index (κ2) is 9.32. The summed E-state index contributed by atoms with van der Waals surface area (Å²) in [6.07, 6.45) is 4.09. The first kappa shape index (κ1) is 21.4. The zero-order valence-corrected chi connectivity index (χ0v) is 17.0. The molecule has 1 aliphatic carbocycles. The molecule has 1 aromatic rings. The van der Waals surface area contributed by atoms with Gasteiger partial charge in [0.2, 0.25) is 10.0 Å². The number of esters is 1. The van der Waals surface area contributed by atoms with Gasteiger partial charge in [-0.05, 0) is 37.5 Å². The van der Waals surface area contributed by atoms with E-state index < -0.39 is 16.0 Å². The molecule has 150 valence electrons. The number of hydrogen-bond donors (Lipinski definition) is 1. The third-order valence-corrected chi connectivity index (χ3v) is 6.87. The minimum atomic E-state index is -3.67. The maximum Gasteiger partial charge on any atom is 0.338 e. The van der Waals surface area contributed by atoms with Crippen LogP contribution in [0, 0.1) is 6.92 Å². The summed E-state index contributed by atoms with van der Waals surface area (Å²) >= 11 is 0. The molecule has 0 unspecified atom stereocenters. The smallest absolute Gasteiger partial charge is 0.338 e. The van der Waals surface area contributed by atoms with Gasteiger partial charge in [0, 0.05) is 19.1 Å². The summed E-state index contributed by atoms with van der Waals surface area (Å²) in [6.45, 7) is 5.52. The quantitative estimate of drug-likeness (QED) is 0.680. The SMILES string of the molecule is CCN(CC)S(=O)(=O)c1ccc(C)c(C(=O)OCC(=O)NC2CCCC2)c1. The fourth-order valence-electron chi connectivity index (χ4n) is 3.24. The Labute approximate surface area is 161 Å². The number of aryl methyl sites for hydroxylation is 1. The van der Waals surface area contributed by atoms with Crippen LogP contribution in [-0.2, 0) is 19.6 Å². The summed E-state index contributed by atoms with van der Waals surface area (Å²) in [4.78, 5) is 24.3. The van der Waals surface area contributed by atoms with Crippen molar-refractivity contribution in [2.75, 3.05) is 19.7 Å². The summed E-state index contributed by atoms with van der Waals surface area (Å²) in [7, 11) is -3.67. The Morgan fingerprint density at radius 3 is 2.41 bits per heavy atom. The zero-order chi connectivity index (χ0) is 20.0. The molecule has 0 bridgehead atoms. The Bertz CT molecular complexity index is 781. The van der Waals surface area contributed by atoms with E-state index in [1.54, 1.807) is 26.8 Å². The summed E-state index contributed by atoms with van der Waals surface area (Å²) < 4.78 is 31.7.